The minimum absolute atomic E-state index is 0.894. The van der Waals surface area contributed by atoms with Crippen molar-refractivity contribution in [1.29, 1.82) is 0 Å². The smallest absolute Gasteiger partial charge is 0.328 e. The lowest BCUT2D eigenvalue weighted by atomic mass is 10.2. The number of hydrogen-bond acceptors (Lipinski definition) is 3. The molecule has 0 atom stereocenters. The minimum atomic E-state index is -0.894. The van der Waals surface area contributed by atoms with E-state index in [1.54, 1.807) is 17.4 Å². The second kappa shape index (κ2) is 6.87. The van der Waals surface area contributed by atoms with Gasteiger partial charge in [-0.15, -0.1) is 11.3 Å². The van der Waals surface area contributed by atoms with E-state index >= 15 is 0 Å². The van der Waals surface area contributed by atoms with Gasteiger partial charge in [0.25, 0.3) is 0 Å². The molecule has 2 rings (SSSR count). The predicted molar refractivity (Wildman–Crippen MR) is 79.3 cm³/mol. The summed E-state index contributed by atoms with van der Waals surface area (Å²) in [5.41, 5.74) is 0.991. The molecule has 1 aliphatic carbocycles. The van der Waals surface area contributed by atoms with Gasteiger partial charge in [-0.1, -0.05) is 6.92 Å². The molecular formula is C15H21NO2S. The van der Waals surface area contributed by atoms with Crippen LogP contribution in [0.5, 0.6) is 0 Å². The quantitative estimate of drug-likeness (QED) is 0.741. The lowest BCUT2D eigenvalue weighted by Crippen LogP contribution is -2.25. The number of thiophene rings is 1. The van der Waals surface area contributed by atoms with Crippen LogP contribution in [0, 0.1) is 5.92 Å². The number of nitrogens with zero attached hydrogens (tertiary/aromatic N) is 1. The van der Waals surface area contributed by atoms with Crippen molar-refractivity contribution in [2.45, 2.75) is 32.7 Å². The molecule has 0 radical (unpaired) electrons. The van der Waals surface area contributed by atoms with Gasteiger partial charge in [-0.25, -0.2) is 4.79 Å². The number of carbonyl (C=O) groups is 1. The summed E-state index contributed by atoms with van der Waals surface area (Å²) in [4.78, 5) is 14.3. The predicted octanol–water partition coefficient (Wildman–Crippen LogP) is 3.47. The van der Waals surface area contributed by atoms with Crippen molar-refractivity contribution >= 4 is 23.4 Å². The van der Waals surface area contributed by atoms with Crippen molar-refractivity contribution in [1.82, 2.24) is 4.90 Å². The van der Waals surface area contributed by atoms with Crippen LogP contribution in [0.25, 0.3) is 6.08 Å². The van der Waals surface area contributed by atoms with Gasteiger partial charge in [-0.2, -0.15) is 0 Å². The van der Waals surface area contributed by atoms with Crippen LogP contribution < -0.4 is 0 Å². The summed E-state index contributed by atoms with van der Waals surface area (Å²) in [6.45, 7) is 5.58. The fraction of sp³-hybridized carbons (Fsp3) is 0.533. The van der Waals surface area contributed by atoms with Gasteiger partial charge in [0.1, 0.15) is 0 Å². The Bertz CT molecular complexity index is 449. The Labute approximate surface area is 118 Å². The van der Waals surface area contributed by atoms with Crippen molar-refractivity contribution in [3.05, 3.63) is 28.0 Å². The Morgan fingerprint density at radius 3 is 3.00 bits per heavy atom. The van der Waals surface area contributed by atoms with Gasteiger partial charge < -0.3 is 5.11 Å². The van der Waals surface area contributed by atoms with Gasteiger partial charge in [0.2, 0.25) is 0 Å². The van der Waals surface area contributed by atoms with E-state index in [1.165, 1.54) is 36.8 Å². The van der Waals surface area contributed by atoms with Crippen LogP contribution >= 0.6 is 11.3 Å². The topological polar surface area (TPSA) is 40.5 Å². The first-order valence-corrected chi connectivity index (χ1v) is 7.76. The maximum atomic E-state index is 10.5. The SMILES string of the molecule is CCCN(Cc1cc(C=CC(=O)O)cs1)CC1CC1. The van der Waals surface area contributed by atoms with Crippen molar-refractivity contribution in [2.24, 2.45) is 5.92 Å². The van der Waals surface area contributed by atoms with Gasteiger partial charge in [0.05, 0.1) is 0 Å². The van der Waals surface area contributed by atoms with Gasteiger partial charge in [0.15, 0.2) is 0 Å². The first-order chi connectivity index (χ1) is 9.17. The van der Waals surface area contributed by atoms with Crippen molar-refractivity contribution in [3.8, 4) is 0 Å². The molecule has 0 unspecified atom stereocenters. The standard InChI is InChI=1S/C15H21NO2S/c1-2-7-16(9-12-3-4-12)10-14-8-13(11-19-14)5-6-15(17)18/h5-6,8,11-12H,2-4,7,9-10H2,1H3,(H,17,18). The van der Waals surface area contributed by atoms with E-state index < -0.39 is 5.97 Å². The van der Waals surface area contributed by atoms with Crippen molar-refractivity contribution in [3.63, 3.8) is 0 Å². The van der Waals surface area contributed by atoms with E-state index in [-0.39, 0.29) is 0 Å². The highest BCUT2D eigenvalue weighted by Crippen LogP contribution is 2.30. The molecule has 1 aliphatic rings. The van der Waals surface area contributed by atoms with E-state index in [9.17, 15) is 4.79 Å². The highest BCUT2D eigenvalue weighted by atomic mass is 32.1. The number of rotatable bonds is 8. The molecule has 0 aliphatic heterocycles. The van der Waals surface area contributed by atoms with E-state index in [1.807, 2.05) is 5.38 Å². The monoisotopic (exact) mass is 279 g/mol. The Balaban J connectivity index is 1.90. The van der Waals surface area contributed by atoms with Gasteiger partial charge in [-0.3, -0.25) is 4.90 Å². The second-order valence-corrected chi connectivity index (χ2v) is 6.19. The molecule has 4 heteroatoms. The molecule has 0 amide bonds. The molecule has 1 fully saturated rings. The maximum absolute atomic E-state index is 10.5. The molecule has 1 N–H and O–H groups in total. The fourth-order valence-electron chi connectivity index (χ4n) is 2.17. The van der Waals surface area contributed by atoms with Crippen LogP contribution in [0.1, 0.15) is 36.6 Å². The Hall–Kier alpha value is -1.13. The Morgan fingerprint density at radius 2 is 2.37 bits per heavy atom. The van der Waals surface area contributed by atoms with Crippen LogP contribution in [0.2, 0.25) is 0 Å². The molecule has 1 aromatic heterocycles. The zero-order valence-electron chi connectivity index (χ0n) is 11.3. The number of aliphatic carboxylic acids is 1. The normalized spacial score (nSPS) is 15.5. The first kappa shape index (κ1) is 14.3. The van der Waals surface area contributed by atoms with Crippen LogP contribution in [-0.4, -0.2) is 29.1 Å². The second-order valence-electron chi connectivity index (χ2n) is 5.20. The van der Waals surface area contributed by atoms with Crippen molar-refractivity contribution in [2.75, 3.05) is 13.1 Å². The van der Waals surface area contributed by atoms with E-state index in [0.717, 1.165) is 24.6 Å². The molecule has 104 valence electrons. The summed E-state index contributed by atoms with van der Waals surface area (Å²) < 4.78 is 0. The average Bonchev–Trinajstić information content (AvgIpc) is 3.05. The summed E-state index contributed by atoms with van der Waals surface area (Å²) in [5, 5.41) is 10.6. The highest BCUT2D eigenvalue weighted by Gasteiger charge is 2.24. The minimum Gasteiger partial charge on any atom is -0.478 e. The van der Waals surface area contributed by atoms with Gasteiger partial charge in [0, 0.05) is 24.0 Å². The molecule has 3 nitrogen and oxygen atoms in total. The third kappa shape index (κ3) is 5.17. The van der Waals surface area contributed by atoms with E-state index in [0.29, 0.717) is 0 Å². The molecule has 0 spiro atoms. The fourth-order valence-corrected chi connectivity index (χ4v) is 3.07. The summed E-state index contributed by atoms with van der Waals surface area (Å²) in [6.07, 6.45) is 6.81. The first-order valence-electron chi connectivity index (χ1n) is 6.88. The molecule has 1 heterocycles. The van der Waals surface area contributed by atoms with E-state index in [4.69, 9.17) is 5.11 Å². The summed E-state index contributed by atoms with van der Waals surface area (Å²) in [5.74, 6) is 0.0204. The Kier molecular flexibility index (Phi) is 5.16. The molecule has 0 saturated heterocycles. The highest BCUT2D eigenvalue weighted by molar-refractivity contribution is 7.10. The summed E-state index contributed by atoms with van der Waals surface area (Å²) >= 11 is 1.72. The van der Waals surface area contributed by atoms with Crippen LogP contribution in [0.3, 0.4) is 0 Å². The zero-order chi connectivity index (χ0) is 13.7. The summed E-state index contributed by atoms with van der Waals surface area (Å²) in [7, 11) is 0. The average molecular weight is 279 g/mol. The number of hydrogen-bond donors (Lipinski definition) is 1. The molecule has 1 aromatic rings. The van der Waals surface area contributed by atoms with Crippen LogP contribution in [0.4, 0.5) is 0 Å². The molecule has 0 aromatic carbocycles. The molecule has 1 saturated carbocycles. The van der Waals surface area contributed by atoms with Gasteiger partial charge in [-0.05, 0) is 54.8 Å². The van der Waals surface area contributed by atoms with Crippen molar-refractivity contribution < 1.29 is 9.90 Å². The summed E-state index contributed by atoms with van der Waals surface area (Å²) in [6, 6.07) is 2.10. The molecule has 0 bridgehead atoms. The van der Waals surface area contributed by atoms with Crippen LogP contribution in [0.15, 0.2) is 17.5 Å². The lowest BCUT2D eigenvalue weighted by Gasteiger charge is -2.20. The third-order valence-electron chi connectivity index (χ3n) is 3.22. The number of carboxylic acids is 1. The van der Waals surface area contributed by atoms with Crippen LogP contribution in [-0.2, 0) is 11.3 Å². The lowest BCUT2D eigenvalue weighted by molar-refractivity contribution is -0.131. The third-order valence-corrected chi connectivity index (χ3v) is 4.16. The Morgan fingerprint density at radius 1 is 1.58 bits per heavy atom. The molecule has 19 heavy (non-hydrogen) atoms. The maximum Gasteiger partial charge on any atom is 0.328 e. The van der Waals surface area contributed by atoms with Gasteiger partial charge >= 0.3 is 5.97 Å². The largest absolute Gasteiger partial charge is 0.478 e. The zero-order valence-corrected chi connectivity index (χ0v) is 12.2. The molecular weight excluding hydrogens is 258 g/mol. The number of carboxylic acid groups (broad SMARTS) is 1. The van der Waals surface area contributed by atoms with E-state index in [2.05, 4.69) is 17.9 Å².